The van der Waals surface area contributed by atoms with Gasteiger partial charge in [0, 0.05) is 6.42 Å². The van der Waals surface area contributed by atoms with Crippen LogP contribution in [-0.4, -0.2) is 17.0 Å². The van der Waals surface area contributed by atoms with Gasteiger partial charge in [0.2, 0.25) is 0 Å². The van der Waals surface area contributed by atoms with Crippen molar-refractivity contribution in [1.82, 2.24) is 0 Å². The lowest BCUT2D eigenvalue weighted by Crippen LogP contribution is -2.30. The molecular formula is C10H9F3O2. The number of alkyl halides is 2. The van der Waals surface area contributed by atoms with E-state index in [0.717, 1.165) is 6.07 Å². The standard InChI is InChI=1S/C10H9F3O2/c1-6-2-7(4-8(11)3-6)5-10(12,13)9(14)15/h2-4H,5H2,1H3,(H,14,15). The zero-order chi connectivity index (χ0) is 11.6. The van der Waals surface area contributed by atoms with Crippen molar-refractivity contribution in [2.75, 3.05) is 0 Å². The van der Waals surface area contributed by atoms with E-state index in [1.165, 1.54) is 12.1 Å². The Kier molecular flexibility index (Phi) is 3.02. The van der Waals surface area contributed by atoms with Crippen LogP contribution in [-0.2, 0) is 11.2 Å². The molecular weight excluding hydrogens is 209 g/mol. The summed E-state index contributed by atoms with van der Waals surface area (Å²) in [6.45, 7) is 1.55. The van der Waals surface area contributed by atoms with Crippen LogP contribution in [0.4, 0.5) is 13.2 Å². The largest absolute Gasteiger partial charge is 0.477 e. The third kappa shape index (κ3) is 2.97. The van der Waals surface area contributed by atoms with Crippen molar-refractivity contribution in [2.24, 2.45) is 0 Å². The van der Waals surface area contributed by atoms with E-state index in [9.17, 15) is 18.0 Å². The Morgan fingerprint density at radius 1 is 1.40 bits per heavy atom. The number of carbonyl (C=O) groups is 1. The van der Waals surface area contributed by atoms with Gasteiger partial charge in [-0.2, -0.15) is 8.78 Å². The highest BCUT2D eigenvalue weighted by Crippen LogP contribution is 2.21. The first-order chi connectivity index (χ1) is 6.81. The first-order valence-electron chi connectivity index (χ1n) is 4.18. The average molecular weight is 218 g/mol. The second-order valence-electron chi connectivity index (χ2n) is 3.32. The van der Waals surface area contributed by atoms with Gasteiger partial charge in [0.1, 0.15) is 5.82 Å². The Morgan fingerprint density at radius 2 is 2.00 bits per heavy atom. The highest BCUT2D eigenvalue weighted by Gasteiger charge is 2.38. The quantitative estimate of drug-likeness (QED) is 0.845. The summed E-state index contributed by atoms with van der Waals surface area (Å²) in [4.78, 5) is 10.2. The van der Waals surface area contributed by atoms with Gasteiger partial charge in [-0.1, -0.05) is 6.07 Å². The van der Waals surface area contributed by atoms with Gasteiger partial charge in [0.25, 0.3) is 0 Å². The minimum Gasteiger partial charge on any atom is -0.477 e. The zero-order valence-corrected chi connectivity index (χ0v) is 7.93. The van der Waals surface area contributed by atoms with Crippen LogP contribution in [0.2, 0.25) is 0 Å². The number of carboxylic acid groups (broad SMARTS) is 1. The van der Waals surface area contributed by atoms with E-state index < -0.39 is 24.1 Å². The van der Waals surface area contributed by atoms with Gasteiger partial charge < -0.3 is 5.11 Å². The number of halogens is 3. The first-order valence-corrected chi connectivity index (χ1v) is 4.18. The van der Waals surface area contributed by atoms with Gasteiger partial charge in [-0.25, -0.2) is 9.18 Å². The number of aryl methyl sites for hydroxylation is 1. The van der Waals surface area contributed by atoms with E-state index >= 15 is 0 Å². The van der Waals surface area contributed by atoms with Crippen LogP contribution in [0, 0.1) is 12.7 Å². The maximum Gasteiger partial charge on any atom is 0.374 e. The summed E-state index contributed by atoms with van der Waals surface area (Å²) in [7, 11) is 0. The molecule has 1 N–H and O–H groups in total. The van der Waals surface area contributed by atoms with Gasteiger partial charge in [-0.05, 0) is 30.2 Å². The summed E-state index contributed by atoms with van der Waals surface area (Å²) >= 11 is 0. The first kappa shape index (κ1) is 11.6. The number of benzene rings is 1. The fraction of sp³-hybridized carbons (Fsp3) is 0.300. The molecule has 0 atom stereocenters. The van der Waals surface area contributed by atoms with Gasteiger partial charge in [-0.3, -0.25) is 0 Å². The Balaban J connectivity index is 2.94. The Labute approximate surface area is 84.3 Å². The van der Waals surface area contributed by atoms with E-state index in [0.29, 0.717) is 5.56 Å². The normalized spacial score (nSPS) is 11.5. The van der Waals surface area contributed by atoms with E-state index in [-0.39, 0.29) is 5.56 Å². The molecule has 0 saturated heterocycles. The molecule has 0 bridgehead atoms. The Morgan fingerprint density at radius 3 is 2.47 bits per heavy atom. The summed E-state index contributed by atoms with van der Waals surface area (Å²) in [5.74, 6) is -6.71. The monoisotopic (exact) mass is 218 g/mol. The lowest BCUT2D eigenvalue weighted by atomic mass is 10.0. The lowest BCUT2D eigenvalue weighted by molar-refractivity contribution is -0.164. The second kappa shape index (κ2) is 3.92. The van der Waals surface area contributed by atoms with Gasteiger partial charge >= 0.3 is 11.9 Å². The number of hydrogen-bond donors (Lipinski definition) is 1. The molecule has 1 aromatic carbocycles. The molecule has 0 saturated carbocycles. The van der Waals surface area contributed by atoms with E-state index in [1.807, 2.05) is 0 Å². The molecule has 0 heterocycles. The van der Waals surface area contributed by atoms with E-state index in [4.69, 9.17) is 5.11 Å². The summed E-state index contributed by atoms with van der Waals surface area (Å²) in [5.41, 5.74) is 0.450. The maximum absolute atomic E-state index is 12.8. The lowest BCUT2D eigenvalue weighted by Gasteiger charge is -2.11. The molecule has 0 aromatic heterocycles. The molecule has 1 aromatic rings. The highest BCUT2D eigenvalue weighted by molar-refractivity contribution is 5.75. The molecule has 0 aliphatic rings. The maximum atomic E-state index is 12.8. The van der Waals surface area contributed by atoms with Crippen LogP contribution in [0.3, 0.4) is 0 Å². The van der Waals surface area contributed by atoms with Crippen LogP contribution in [0.25, 0.3) is 0 Å². The molecule has 2 nitrogen and oxygen atoms in total. The predicted octanol–water partition coefficient (Wildman–Crippen LogP) is 2.40. The van der Waals surface area contributed by atoms with Gasteiger partial charge in [-0.15, -0.1) is 0 Å². The minimum atomic E-state index is -3.86. The molecule has 82 valence electrons. The molecule has 0 aliphatic heterocycles. The zero-order valence-electron chi connectivity index (χ0n) is 7.93. The van der Waals surface area contributed by atoms with Crippen molar-refractivity contribution >= 4 is 5.97 Å². The summed E-state index contributed by atoms with van der Waals surface area (Å²) < 4.78 is 38.4. The van der Waals surface area contributed by atoms with Crippen molar-refractivity contribution in [3.63, 3.8) is 0 Å². The van der Waals surface area contributed by atoms with Crippen LogP contribution in [0.15, 0.2) is 18.2 Å². The van der Waals surface area contributed by atoms with Crippen LogP contribution in [0.5, 0.6) is 0 Å². The summed E-state index contributed by atoms with van der Waals surface area (Å²) in [6.07, 6.45) is -0.999. The molecule has 0 aliphatic carbocycles. The van der Waals surface area contributed by atoms with Crippen LogP contribution >= 0.6 is 0 Å². The highest BCUT2D eigenvalue weighted by atomic mass is 19.3. The molecule has 5 heteroatoms. The number of hydrogen-bond acceptors (Lipinski definition) is 1. The van der Waals surface area contributed by atoms with Crippen LogP contribution in [0.1, 0.15) is 11.1 Å². The van der Waals surface area contributed by atoms with Crippen molar-refractivity contribution < 1.29 is 23.1 Å². The summed E-state index contributed by atoms with van der Waals surface area (Å²) in [6, 6.07) is 3.42. The number of rotatable bonds is 3. The average Bonchev–Trinajstić information content (AvgIpc) is 1.99. The molecule has 0 radical (unpaired) electrons. The van der Waals surface area contributed by atoms with Crippen molar-refractivity contribution in [1.29, 1.82) is 0 Å². The molecule has 0 spiro atoms. The number of aliphatic carboxylic acids is 1. The molecule has 1 rings (SSSR count). The Bertz CT molecular complexity index is 368. The fourth-order valence-corrected chi connectivity index (χ4v) is 1.25. The third-order valence-electron chi connectivity index (χ3n) is 1.84. The number of carboxylic acids is 1. The SMILES string of the molecule is Cc1cc(F)cc(CC(F)(F)C(=O)O)c1. The van der Waals surface area contributed by atoms with Crippen molar-refractivity contribution in [2.45, 2.75) is 19.3 Å². The van der Waals surface area contributed by atoms with E-state index in [2.05, 4.69) is 0 Å². The molecule has 0 fully saturated rings. The van der Waals surface area contributed by atoms with Gasteiger partial charge in [0.05, 0.1) is 0 Å². The Hall–Kier alpha value is -1.52. The second-order valence-corrected chi connectivity index (χ2v) is 3.32. The summed E-state index contributed by atoms with van der Waals surface area (Å²) in [5, 5.41) is 8.20. The predicted molar refractivity (Wildman–Crippen MR) is 47.4 cm³/mol. The van der Waals surface area contributed by atoms with Crippen molar-refractivity contribution in [3.05, 3.63) is 35.1 Å². The van der Waals surface area contributed by atoms with Crippen molar-refractivity contribution in [3.8, 4) is 0 Å². The molecule has 15 heavy (non-hydrogen) atoms. The molecule has 0 amide bonds. The smallest absolute Gasteiger partial charge is 0.374 e. The van der Waals surface area contributed by atoms with E-state index in [1.54, 1.807) is 6.92 Å². The van der Waals surface area contributed by atoms with Gasteiger partial charge in [0.15, 0.2) is 0 Å². The topological polar surface area (TPSA) is 37.3 Å². The van der Waals surface area contributed by atoms with Crippen LogP contribution < -0.4 is 0 Å². The fourth-order valence-electron chi connectivity index (χ4n) is 1.25. The third-order valence-corrected chi connectivity index (χ3v) is 1.84. The minimum absolute atomic E-state index is 0.0279. The molecule has 0 unspecified atom stereocenters.